The normalized spacial score (nSPS) is 18.9. The van der Waals surface area contributed by atoms with E-state index in [0.717, 1.165) is 23.3 Å². The van der Waals surface area contributed by atoms with Gasteiger partial charge in [0.2, 0.25) is 10.0 Å². The molecule has 2 rings (SSSR count). The van der Waals surface area contributed by atoms with Crippen molar-refractivity contribution < 1.29 is 13.2 Å². The Labute approximate surface area is 118 Å². The fourth-order valence-corrected chi connectivity index (χ4v) is 5.53. The standard InChI is InChI=1S/C12H20N2O3S2/c1-9-8-18-11(7-13)12(9)19(15,16)14-5-3-10(17-2)4-6-14/h8,10H,3-7,13H2,1-2H3. The maximum absolute atomic E-state index is 12.7. The summed E-state index contributed by atoms with van der Waals surface area (Å²) in [4.78, 5) is 1.15. The third-order valence-electron chi connectivity index (χ3n) is 3.51. The lowest BCUT2D eigenvalue weighted by Gasteiger charge is -2.30. The number of piperidine rings is 1. The Morgan fingerprint density at radius 2 is 2.11 bits per heavy atom. The van der Waals surface area contributed by atoms with Crippen molar-refractivity contribution in [2.75, 3.05) is 20.2 Å². The van der Waals surface area contributed by atoms with Gasteiger partial charge in [-0.05, 0) is 30.7 Å². The third-order valence-corrected chi connectivity index (χ3v) is 6.89. The molecule has 5 nitrogen and oxygen atoms in total. The summed E-state index contributed by atoms with van der Waals surface area (Å²) in [7, 11) is -1.74. The van der Waals surface area contributed by atoms with Crippen LogP contribution in [0.5, 0.6) is 0 Å². The molecule has 2 N–H and O–H groups in total. The minimum atomic E-state index is -3.42. The number of nitrogens with zero attached hydrogens (tertiary/aromatic N) is 1. The van der Waals surface area contributed by atoms with Crippen LogP contribution in [-0.4, -0.2) is 39.0 Å². The Balaban J connectivity index is 2.26. The van der Waals surface area contributed by atoms with Crippen LogP contribution in [0.4, 0.5) is 0 Å². The molecule has 0 saturated carbocycles. The lowest BCUT2D eigenvalue weighted by molar-refractivity contribution is 0.0604. The second-order valence-corrected chi connectivity index (χ2v) is 7.55. The number of rotatable bonds is 4. The second-order valence-electron chi connectivity index (χ2n) is 4.71. The number of aryl methyl sites for hydroxylation is 1. The molecule has 0 bridgehead atoms. The first kappa shape index (κ1) is 14.9. The Morgan fingerprint density at radius 1 is 1.47 bits per heavy atom. The Morgan fingerprint density at radius 3 is 2.63 bits per heavy atom. The molecule has 0 atom stereocenters. The molecule has 1 aromatic heterocycles. The molecule has 1 aliphatic heterocycles. The molecule has 1 aromatic rings. The number of thiophene rings is 1. The van der Waals surface area contributed by atoms with Crippen LogP contribution in [0.15, 0.2) is 10.3 Å². The van der Waals surface area contributed by atoms with Gasteiger partial charge in [-0.15, -0.1) is 11.3 Å². The van der Waals surface area contributed by atoms with Crippen molar-refractivity contribution in [3.8, 4) is 0 Å². The Bertz CT molecular complexity index is 531. The first-order valence-corrected chi connectivity index (χ1v) is 8.62. The molecule has 108 valence electrons. The molecule has 0 aromatic carbocycles. The van der Waals surface area contributed by atoms with Gasteiger partial charge in [-0.1, -0.05) is 0 Å². The Kier molecular flexibility index (Phi) is 4.62. The first-order valence-electron chi connectivity index (χ1n) is 6.30. The third kappa shape index (κ3) is 2.85. The summed E-state index contributed by atoms with van der Waals surface area (Å²) in [5.41, 5.74) is 6.43. The van der Waals surface area contributed by atoms with Crippen molar-refractivity contribution in [3.63, 3.8) is 0 Å². The van der Waals surface area contributed by atoms with E-state index in [0.29, 0.717) is 18.0 Å². The minimum absolute atomic E-state index is 0.170. The molecule has 0 radical (unpaired) electrons. The summed E-state index contributed by atoms with van der Waals surface area (Å²) in [6.07, 6.45) is 1.66. The fourth-order valence-electron chi connectivity index (χ4n) is 2.41. The van der Waals surface area contributed by atoms with Crippen LogP contribution in [0.3, 0.4) is 0 Å². The highest BCUT2D eigenvalue weighted by Gasteiger charge is 2.32. The van der Waals surface area contributed by atoms with Crippen LogP contribution >= 0.6 is 11.3 Å². The lowest BCUT2D eigenvalue weighted by atomic mass is 10.1. The molecular formula is C12H20N2O3S2. The highest BCUT2D eigenvalue weighted by Crippen LogP contribution is 2.30. The van der Waals surface area contributed by atoms with E-state index in [4.69, 9.17) is 10.5 Å². The van der Waals surface area contributed by atoms with Gasteiger partial charge in [-0.2, -0.15) is 4.31 Å². The van der Waals surface area contributed by atoms with Crippen LogP contribution in [0, 0.1) is 6.92 Å². The fraction of sp³-hybridized carbons (Fsp3) is 0.667. The highest BCUT2D eigenvalue weighted by molar-refractivity contribution is 7.89. The van der Waals surface area contributed by atoms with Gasteiger partial charge in [-0.3, -0.25) is 0 Å². The van der Waals surface area contributed by atoms with E-state index in [1.54, 1.807) is 11.4 Å². The zero-order valence-corrected chi connectivity index (χ0v) is 12.9. The van der Waals surface area contributed by atoms with Gasteiger partial charge in [0.1, 0.15) is 4.90 Å². The van der Waals surface area contributed by atoms with Gasteiger partial charge in [-0.25, -0.2) is 8.42 Å². The summed E-state index contributed by atoms with van der Waals surface area (Å²) < 4.78 is 32.2. The maximum atomic E-state index is 12.7. The van der Waals surface area contributed by atoms with Gasteiger partial charge in [0, 0.05) is 31.6 Å². The number of hydrogen-bond donors (Lipinski definition) is 1. The molecule has 19 heavy (non-hydrogen) atoms. The maximum Gasteiger partial charge on any atom is 0.244 e. The summed E-state index contributed by atoms with van der Waals surface area (Å²) in [6.45, 7) is 3.12. The molecule has 0 unspecified atom stereocenters. The quantitative estimate of drug-likeness (QED) is 0.910. The number of nitrogens with two attached hydrogens (primary N) is 1. The van der Waals surface area contributed by atoms with E-state index in [2.05, 4.69) is 0 Å². The number of hydrogen-bond acceptors (Lipinski definition) is 5. The van der Waals surface area contributed by atoms with Gasteiger partial charge in [0.25, 0.3) is 0 Å². The van der Waals surface area contributed by atoms with Gasteiger partial charge in [0.15, 0.2) is 0 Å². The van der Waals surface area contributed by atoms with E-state index in [-0.39, 0.29) is 12.6 Å². The average Bonchev–Trinajstić information content (AvgIpc) is 2.80. The SMILES string of the molecule is COC1CCN(S(=O)(=O)c2c(C)csc2CN)CC1. The number of ether oxygens (including phenoxy) is 1. The molecule has 0 aliphatic carbocycles. The van der Waals surface area contributed by atoms with Crippen molar-refractivity contribution in [2.45, 2.75) is 37.3 Å². The molecule has 2 heterocycles. The highest BCUT2D eigenvalue weighted by atomic mass is 32.2. The smallest absolute Gasteiger partial charge is 0.244 e. The van der Waals surface area contributed by atoms with E-state index in [1.807, 2.05) is 12.3 Å². The summed E-state index contributed by atoms with van der Waals surface area (Å²) in [5, 5.41) is 1.86. The van der Waals surface area contributed by atoms with E-state index in [9.17, 15) is 8.42 Å². The average molecular weight is 304 g/mol. The molecule has 1 fully saturated rings. The van der Waals surface area contributed by atoms with E-state index in [1.165, 1.54) is 11.3 Å². The van der Waals surface area contributed by atoms with Gasteiger partial charge >= 0.3 is 0 Å². The van der Waals surface area contributed by atoms with Gasteiger partial charge < -0.3 is 10.5 Å². The minimum Gasteiger partial charge on any atom is -0.381 e. The summed E-state index contributed by atoms with van der Waals surface area (Å²) in [5.74, 6) is 0. The topological polar surface area (TPSA) is 72.6 Å². The van der Waals surface area contributed by atoms with E-state index >= 15 is 0 Å². The monoisotopic (exact) mass is 304 g/mol. The van der Waals surface area contributed by atoms with Crippen LogP contribution in [0.2, 0.25) is 0 Å². The molecule has 7 heteroatoms. The summed E-state index contributed by atoms with van der Waals surface area (Å²) >= 11 is 1.42. The van der Waals surface area contributed by atoms with E-state index < -0.39 is 10.0 Å². The molecule has 0 spiro atoms. The van der Waals surface area contributed by atoms with Crippen LogP contribution in [-0.2, 0) is 21.3 Å². The number of sulfonamides is 1. The Hall–Kier alpha value is -0.470. The lowest BCUT2D eigenvalue weighted by Crippen LogP contribution is -2.40. The zero-order valence-electron chi connectivity index (χ0n) is 11.3. The molecule has 0 amide bonds. The largest absolute Gasteiger partial charge is 0.381 e. The zero-order chi connectivity index (χ0) is 14.0. The number of methoxy groups -OCH3 is 1. The molecule has 1 saturated heterocycles. The van der Waals surface area contributed by atoms with Gasteiger partial charge in [0.05, 0.1) is 6.10 Å². The molecule has 1 aliphatic rings. The van der Waals surface area contributed by atoms with Crippen LogP contribution < -0.4 is 5.73 Å². The summed E-state index contributed by atoms with van der Waals surface area (Å²) in [6, 6.07) is 0. The van der Waals surface area contributed by atoms with Crippen molar-refractivity contribution in [1.29, 1.82) is 0 Å². The molecular weight excluding hydrogens is 284 g/mol. The van der Waals surface area contributed by atoms with Crippen LogP contribution in [0.25, 0.3) is 0 Å². The first-order chi connectivity index (χ1) is 9.00. The van der Waals surface area contributed by atoms with Crippen LogP contribution in [0.1, 0.15) is 23.3 Å². The second kappa shape index (κ2) is 5.88. The van der Waals surface area contributed by atoms with Crippen molar-refractivity contribution in [1.82, 2.24) is 4.31 Å². The predicted molar refractivity (Wildman–Crippen MR) is 75.7 cm³/mol. The van der Waals surface area contributed by atoms with Crippen molar-refractivity contribution in [3.05, 3.63) is 15.8 Å². The van der Waals surface area contributed by atoms with Crippen molar-refractivity contribution in [2.24, 2.45) is 5.73 Å². The van der Waals surface area contributed by atoms with Crippen molar-refractivity contribution >= 4 is 21.4 Å². The predicted octanol–water partition coefficient (Wildman–Crippen LogP) is 1.31.